The van der Waals surface area contributed by atoms with Crippen molar-refractivity contribution in [1.82, 2.24) is 5.48 Å². The van der Waals surface area contributed by atoms with E-state index in [-0.39, 0.29) is 42.0 Å². The van der Waals surface area contributed by atoms with Crippen LogP contribution in [-0.2, 0) is 14.8 Å². The summed E-state index contributed by atoms with van der Waals surface area (Å²) in [7, 11) is -2.63. The number of nitrogens with one attached hydrogen (secondary N) is 1. The van der Waals surface area contributed by atoms with Gasteiger partial charge in [-0.2, -0.15) is 0 Å². The van der Waals surface area contributed by atoms with Crippen LogP contribution in [0, 0.1) is 6.92 Å². The largest absolute Gasteiger partial charge is 0.497 e. The number of hydrogen-bond acceptors (Lipinski definition) is 6. The third kappa shape index (κ3) is 5.28. The van der Waals surface area contributed by atoms with Crippen molar-refractivity contribution >= 4 is 27.6 Å². The van der Waals surface area contributed by atoms with E-state index in [1.807, 2.05) is 0 Å². The van der Waals surface area contributed by atoms with E-state index in [0.717, 1.165) is 4.31 Å². The number of amides is 1. The Morgan fingerprint density at radius 2 is 1.77 bits per heavy atom. The quantitative estimate of drug-likeness (QED) is 0.296. The summed E-state index contributed by atoms with van der Waals surface area (Å²) in [5, 5.41) is 17.9. The summed E-state index contributed by atoms with van der Waals surface area (Å²) in [4.78, 5) is 23.0. The molecule has 30 heavy (non-hydrogen) atoms. The normalized spacial score (nSPS) is 11.0. The highest BCUT2D eigenvalue weighted by Crippen LogP contribution is 2.31. The number of para-hydroxylation sites is 1. The van der Waals surface area contributed by atoms with Crippen LogP contribution in [0.15, 0.2) is 47.4 Å². The second-order valence-corrected chi connectivity index (χ2v) is 8.38. The summed E-state index contributed by atoms with van der Waals surface area (Å²) in [6.07, 6.45) is 0.418. The molecule has 0 atom stereocenters. The lowest BCUT2D eigenvalue weighted by atomic mass is 10.1. The number of unbranched alkanes of at least 4 members (excludes halogenated alkanes) is 1. The fraction of sp³-hybridized carbons (Fsp3) is 0.300. The number of sulfonamides is 1. The van der Waals surface area contributed by atoms with Crippen LogP contribution in [0.2, 0.25) is 0 Å². The fourth-order valence-electron chi connectivity index (χ4n) is 2.99. The van der Waals surface area contributed by atoms with Crippen molar-refractivity contribution in [3.8, 4) is 5.75 Å². The van der Waals surface area contributed by atoms with E-state index in [9.17, 15) is 18.0 Å². The summed E-state index contributed by atoms with van der Waals surface area (Å²) < 4.78 is 33.0. The van der Waals surface area contributed by atoms with Gasteiger partial charge < -0.3 is 9.84 Å². The number of carboxylic acids is 1. The van der Waals surface area contributed by atoms with Gasteiger partial charge in [0.2, 0.25) is 0 Å². The van der Waals surface area contributed by atoms with E-state index in [1.165, 1.54) is 42.9 Å². The van der Waals surface area contributed by atoms with Crippen LogP contribution in [-0.4, -0.2) is 44.3 Å². The van der Waals surface area contributed by atoms with Crippen LogP contribution in [0.5, 0.6) is 5.75 Å². The van der Waals surface area contributed by atoms with Crippen molar-refractivity contribution in [3.05, 3.63) is 53.6 Å². The van der Waals surface area contributed by atoms with Crippen LogP contribution >= 0.6 is 0 Å². The van der Waals surface area contributed by atoms with Crippen LogP contribution in [0.1, 0.15) is 35.2 Å². The van der Waals surface area contributed by atoms with Gasteiger partial charge in [0.1, 0.15) is 5.75 Å². The molecule has 0 aliphatic heterocycles. The van der Waals surface area contributed by atoms with E-state index in [2.05, 4.69) is 0 Å². The Morgan fingerprint density at radius 1 is 1.10 bits per heavy atom. The number of carboxylic acid groups (broad SMARTS) is 1. The molecule has 0 aromatic heterocycles. The molecule has 1 amide bonds. The first kappa shape index (κ1) is 23.2. The minimum atomic E-state index is -4.10. The molecular weight excluding hydrogens is 412 g/mol. The summed E-state index contributed by atoms with van der Waals surface area (Å²) in [5.74, 6) is -1.34. The zero-order valence-electron chi connectivity index (χ0n) is 16.7. The van der Waals surface area contributed by atoms with E-state index in [4.69, 9.17) is 15.1 Å². The van der Waals surface area contributed by atoms with Crippen LogP contribution in [0.4, 0.5) is 5.69 Å². The topological polar surface area (TPSA) is 133 Å². The van der Waals surface area contributed by atoms with Gasteiger partial charge in [0.05, 0.1) is 23.3 Å². The zero-order valence-corrected chi connectivity index (χ0v) is 17.5. The lowest BCUT2D eigenvalue weighted by Gasteiger charge is -2.28. The number of aryl methyl sites for hydroxylation is 1. The average molecular weight is 436 g/mol. The van der Waals surface area contributed by atoms with Crippen LogP contribution < -0.4 is 14.5 Å². The molecule has 162 valence electrons. The van der Waals surface area contributed by atoms with Gasteiger partial charge >= 0.3 is 5.97 Å². The number of methoxy groups -OCH3 is 1. The number of carbonyl (C=O) groups is 2. The summed E-state index contributed by atoms with van der Waals surface area (Å²) in [6, 6.07) is 10.4. The van der Waals surface area contributed by atoms with Crippen molar-refractivity contribution in [2.75, 3.05) is 18.0 Å². The number of carbonyl (C=O) groups excluding carboxylic acids is 1. The molecule has 0 heterocycles. The molecule has 2 aromatic carbocycles. The number of hydroxylamine groups is 1. The number of nitrogens with zero attached hydrogens (tertiary/aromatic N) is 1. The SMILES string of the molecule is COc1ccc(S(=O)(=O)N(CCCCC(=O)O)c2c(C)cccc2C(=O)NO)cc1. The molecule has 0 spiro atoms. The Morgan fingerprint density at radius 3 is 2.33 bits per heavy atom. The second kappa shape index (κ2) is 10.1. The van der Waals surface area contributed by atoms with Gasteiger partial charge in [-0.1, -0.05) is 12.1 Å². The molecule has 0 unspecified atom stereocenters. The van der Waals surface area contributed by atoms with Gasteiger partial charge in [-0.3, -0.25) is 19.1 Å². The number of hydrogen-bond donors (Lipinski definition) is 3. The van der Waals surface area contributed by atoms with Gasteiger partial charge in [-0.25, -0.2) is 13.9 Å². The van der Waals surface area contributed by atoms with Crippen LogP contribution in [0.25, 0.3) is 0 Å². The molecule has 9 nitrogen and oxygen atoms in total. The average Bonchev–Trinajstić information content (AvgIpc) is 2.73. The molecular formula is C20H24N2O7S. The second-order valence-electron chi connectivity index (χ2n) is 6.52. The van der Waals surface area contributed by atoms with Crippen molar-refractivity contribution in [2.24, 2.45) is 0 Å². The Balaban J connectivity index is 2.55. The predicted octanol–water partition coefficient (Wildman–Crippen LogP) is 2.57. The maximum Gasteiger partial charge on any atom is 0.303 e. The molecule has 0 aliphatic carbocycles. The molecule has 0 saturated carbocycles. The monoisotopic (exact) mass is 436 g/mol. The van der Waals surface area contributed by atoms with Gasteiger partial charge in [0, 0.05) is 13.0 Å². The maximum absolute atomic E-state index is 13.5. The number of aliphatic carboxylic acids is 1. The minimum Gasteiger partial charge on any atom is -0.497 e. The van der Waals surface area contributed by atoms with E-state index >= 15 is 0 Å². The van der Waals surface area contributed by atoms with Crippen LogP contribution in [0.3, 0.4) is 0 Å². The molecule has 2 rings (SSSR count). The van der Waals surface area contributed by atoms with Crippen molar-refractivity contribution in [1.29, 1.82) is 0 Å². The Bertz CT molecular complexity index is 1000. The molecule has 10 heteroatoms. The molecule has 2 aromatic rings. The first-order valence-corrected chi connectivity index (χ1v) is 10.6. The third-order valence-electron chi connectivity index (χ3n) is 4.48. The zero-order chi connectivity index (χ0) is 22.3. The van der Waals surface area contributed by atoms with Gasteiger partial charge in [0.25, 0.3) is 15.9 Å². The van der Waals surface area contributed by atoms with Crippen molar-refractivity contribution in [2.45, 2.75) is 31.1 Å². The minimum absolute atomic E-state index is 0.0138. The van der Waals surface area contributed by atoms with Gasteiger partial charge in [-0.15, -0.1) is 0 Å². The number of rotatable bonds is 10. The van der Waals surface area contributed by atoms with E-state index in [1.54, 1.807) is 19.1 Å². The highest BCUT2D eigenvalue weighted by Gasteiger charge is 2.29. The number of anilines is 1. The Hall–Kier alpha value is -3.11. The lowest BCUT2D eigenvalue weighted by molar-refractivity contribution is -0.137. The summed E-state index contributed by atoms with van der Waals surface area (Å²) >= 11 is 0. The predicted molar refractivity (Wildman–Crippen MR) is 109 cm³/mol. The molecule has 0 aliphatic rings. The Kier molecular flexibility index (Phi) is 7.79. The van der Waals surface area contributed by atoms with Gasteiger partial charge in [-0.05, 0) is 55.7 Å². The molecule has 0 saturated heterocycles. The number of ether oxygens (including phenoxy) is 1. The fourth-order valence-corrected chi connectivity index (χ4v) is 4.58. The van der Waals surface area contributed by atoms with Crippen molar-refractivity contribution < 1.29 is 33.1 Å². The summed E-state index contributed by atoms with van der Waals surface area (Å²) in [6.45, 7) is 1.61. The number of benzene rings is 2. The molecule has 0 radical (unpaired) electrons. The first-order chi connectivity index (χ1) is 14.2. The maximum atomic E-state index is 13.5. The first-order valence-electron chi connectivity index (χ1n) is 9.15. The third-order valence-corrected chi connectivity index (χ3v) is 6.30. The van der Waals surface area contributed by atoms with Crippen molar-refractivity contribution in [3.63, 3.8) is 0 Å². The Labute approximate surface area is 174 Å². The highest BCUT2D eigenvalue weighted by molar-refractivity contribution is 7.92. The summed E-state index contributed by atoms with van der Waals surface area (Å²) in [5.41, 5.74) is 2.14. The van der Waals surface area contributed by atoms with E-state index in [0.29, 0.717) is 11.3 Å². The highest BCUT2D eigenvalue weighted by atomic mass is 32.2. The molecule has 3 N–H and O–H groups in total. The smallest absolute Gasteiger partial charge is 0.303 e. The standard InChI is InChI=1S/C20H24N2O7S/c1-14-6-5-7-17(20(25)21-26)19(14)22(13-4-3-8-18(23)24)30(27,28)16-11-9-15(29-2)10-12-16/h5-7,9-12,26H,3-4,8,13H2,1-2H3,(H,21,25)(H,23,24). The van der Waals surface area contributed by atoms with E-state index < -0.39 is 21.9 Å². The lowest BCUT2D eigenvalue weighted by Crippen LogP contribution is -2.35. The van der Waals surface area contributed by atoms with Gasteiger partial charge in [0.15, 0.2) is 0 Å². The molecule has 0 fully saturated rings. The molecule has 0 bridgehead atoms.